The summed E-state index contributed by atoms with van der Waals surface area (Å²) in [6.45, 7) is 4.60. The van der Waals surface area contributed by atoms with E-state index < -0.39 is 15.3 Å². The summed E-state index contributed by atoms with van der Waals surface area (Å²) in [5.74, 6) is 2.11. The second-order valence-corrected chi connectivity index (χ2v) is 11.0. The molecule has 4 heterocycles. The Labute approximate surface area is 186 Å². The minimum atomic E-state index is -2.09. The average molecular weight is 456 g/mol. The van der Waals surface area contributed by atoms with E-state index >= 15 is 0 Å². The molecular weight excluding hydrogens is 430 g/mol. The lowest BCUT2D eigenvalue weighted by Crippen LogP contribution is -2.40. The molecule has 1 saturated heterocycles. The van der Waals surface area contributed by atoms with E-state index in [1.54, 1.807) is 37.8 Å². The fourth-order valence-electron chi connectivity index (χ4n) is 3.44. The van der Waals surface area contributed by atoms with Gasteiger partial charge >= 0.3 is 0 Å². The number of nitrogens with zero attached hydrogens (tertiary/aromatic N) is 7. The van der Waals surface area contributed by atoms with Gasteiger partial charge in [0, 0.05) is 53.1 Å². The normalized spacial score (nSPS) is 16.0. The number of ether oxygens (including phenoxy) is 1. The number of pyridine rings is 1. The first-order chi connectivity index (χ1) is 15.2. The zero-order chi connectivity index (χ0) is 22.9. The molecule has 32 heavy (non-hydrogen) atoms. The minimum absolute atomic E-state index is 0.0523. The van der Waals surface area contributed by atoms with Crippen molar-refractivity contribution >= 4 is 21.1 Å². The molecule has 1 fully saturated rings. The van der Waals surface area contributed by atoms with Crippen LogP contribution in [0, 0.1) is 11.3 Å². The summed E-state index contributed by atoms with van der Waals surface area (Å²) in [6.07, 6.45) is 4.75. The third-order valence-electron chi connectivity index (χ3n) is 5.21. The van der Waals surface area contributed by atoms with Crippen LogP contribution in [-0.2, 0) is 9.73 Å². The molecule has 0 radical (unpaired) electrons. The van der Waals surface area contributed by atoms with Gasteiger partial charge in [-0.15, -0.1) is 0 Å². The molecule has 10 nitrogen and oxygen atoms in total. The van der Waals surface area contributed by atoms with Gasteiger partial charge in [0.2, 0.25) is 5.88 Å². The lowest BCUT2D eigenvalue weighted by molar-refractivity contribution is 0.0267. The zero-order valence-electron chi connectivity index (χ0n) is 18.2. The summed E-state index contributed by atoms with van der Waals surface area (Å²) < 4.78 is 23.7. The fraction of sp³-hybridized carbons (Fsp3) is 0.429. The van der Waals surface area contributed by atoms with Gasteiger partial charge in [0.1, 0.15) is 35.3 Å². The highest BCUT2D eigenvalue weighted by Crippen LogP contribution is 2.28. The van der Waals surface area contributed by atoms with Gasteiger partial charge in [-0.3, -0.25) is 0 Å². The molecule has 0 aliphatic carbocycles. The fourth-order valence-corrected chi connectivity index (χ4v) is 5.02. The zero-order valence-corrected chi connectivity index (χ0v) is 19.0. The van der Waals surface area contributed by atoms with Gasteiger partial charge < -0.3 is 14.7 Å². The molecule has 1 aliphatic rings. The Balaban J connectivity index is 1.67. The highest BCUT2D eigenvalue weighted by atomic mass is 32.2. The molecule has 1 aliphatic heterocycles. The summed E-state index contributed by atoms with van der Waals surface area (Å²) >= 11 is 0. The topological polar surface area (TPSA) is 129 Å². The van der Waals surface area contributed by atoms with Crippen LogP contribution in [0.25, 0.3) is 16.8 Å². The van der Waals surface area contributed by atoms with E-state index in [4.69, 9.17) is 4.74 Å². The SMILES string of the molecule is CN=S1(=O)CCN(c2ccc(-c3nc(OCC(C)(C)O)cn4ncc(C#N)c34)cn2)CC1. The number of hydrogen-bond acceptors (Lipinski definition) is 9. The average Bonchev–Trinajstić information content (AvgIpc) is 3.20. The van der Waals surface area contributed by atoms with E-state index in [1.165, 1.54) is 6.20 Å². The van der Waals surface area contributed by atoms with E-state index in [9.17, 15) is 14.6 Å². The van der Waals surface area contributed by atoms with Crippen LogP contribution in [0.1, 0.15) is 19.4 Å². The van der Waals surface area contributed by atoms with Crippen molar-refractivity contribution in [2.45, 2.75) is 19.4 Å². The number of anilines is 1. The van der Waals surface area contributed by atoms with Crippen LogP contribution in [0.4, 0.5) is 5.82 Å². The van der Waals surface area contributed by atoms with Gasteiger partial charge in [-0.2, -0.15) is 10.4 Å². The molecule has 0 saturated carbocycles. The van der Waals surface area contributed by atoms with E-state index in [0.717, 1.165) is 5.82 Å². The van der Waals surface area contributed by atoms with Crippen molar-refractivity contribution in [2.24, 2.45) is 4.36 Å². The first kappa shape index (κ1) is 22.0. The van der Waals surface area contributed by atoms with Crippen molar-refractivity contribution < 1.29 is 14.1 Å². The highest BCUT2D eigenvalue weighted by molar-refractivity contribution is 7.93. The molecule has 0 spiro atoms. The lowest BCUT2D eigenvalue weighted by Gasteiger charge is -2.29. The van der Waals surface area contributed by atoms with Crippen LogP contribution in [0.3, 0.4) is 0 Å². The standard InChI is InChI=1S/C21H25N7O3S/c1-21(2,29)14-31-18-13-28-20(16(10-22)12-25-28)19(26-18)15-4-5-17(24-11-15)27-6-8-32(30,23-3)9-7-27/h4-5,11-13,29H,6-9,14H2,1-3H3. The molecule has 11 heteroatoms. The van der Waals surface area contributed by atoms with Crippen LogP contribution in [-0.4, -0.2) is 72.7 Å². The van der Waals surface area contributed by atoms with Crippen molar-refractivity contribution in [2.75, 3.05) is 43.1 Å². The van der Waals surface area contributed by atoms with Gasteiger partial charge in [0.05, 0.1) is 18.0 Å². The molecule has 0 aromatic carbocycles. The van der Waals surface area contributed by atoms with Crippen LogP contribution in [0.5, 0.6) is 5.88 Å². The van der Waals surface area contributed by atoms with E-state index in [1.807, 2.05) is 12.1 Å². The van der Waals surface area contributed by atoms with Crippen molar-refractivity contribution in [3.63, 3.8) is 0 Å². The van der Waals surface area contributed by atoms with Crippen molar-refractivity contribution in [1.29, 1.82) is 5.26 Å². The molecule has 3 aromatic rings. The van der Waals surface area contributed by atoms with Gasteiger partial charge in [-0.1, -0.05) is 0 Å². The van der Waals surface area contributed by atoms with Crippen molar-refractivity contribution in [3.8, 4) is 23.2 Å². The molecule has 1 N–H and O–H groups in total. The van der Waals surface area contributed by atoms with Crippen LogP contribution >= 0.6 is 0 Å². The van der Waals surface area contributed by atoms with E-state index in [0.29, 0.717) is 46.9 Å². The Kier molecular flexibility index (Phi) is 5.75. The molecule has 0 amide bonds. The molecule has 0 bridgehead atoms. The quantitative estimate of drug-likeness (QED) is 0.616. The summed E-state index contributed by atoms with van der Waals surface area (Å²) in [7, 11) is -0.478. The van der Waals surface area contributed by atoms with Gasteiger partial charge in [-0.25, -0.2) is 23.1 Å². The summed E-state index contributed by atoms with van der Waals surface area (Å²) in [6, 6.07) is 5.91. The third-order valence-corrected chi connectivity index (χ3v) is 7.51. The number of aliphatic hydroxyl groups is 1. The first-order valence-corrected chi connectivity index (χ1v) is 12.0. The number of aromatic nitrogens is 4. The lowest BCUT2D eigenvalue weighted by atomic mass is 10.1. The van der Waals surface area contributed by atoms with Crippen LogP contribution in [0.2, 0.25) is 0 Å². The predicted molar refractivity (Wildman–Crippen MR) is 121 cm³/mol. The summed E-state index contributed by atoms with van der Waals surface area (Å²) in [5.41, 5.74) is 1.14. The maximum Gasteiger partial charge on any atom is 0.233 e. The minimum Gasteiger partial charge on any atom is -0.474 e. The summed E-state index contributed by atoms with van der Waals surface area (Å²) in [5, 5.41) is 23.7. The van der Waals surface area contributed by atoms with Crippen molar-refractivity contribution in [1.82, 2.24) is 19.6 Å². The number of fused-ring (bicyclic) bond motifs is 1. The summed E-state index contributed by atoms with van der Waals surface area (Å²) in [4.78, 5) is 11.2. The molecule has 0 atom stereocenters. The van der Waals surface area contributed by atoms with E-state index in [-0.39, 0.29) is 12.5 Å². The Bertz CT molecular complexity index is 1280. The second kappa shape index (κ2) is 8.37. The second-order valence-electron chi connectivity index (χ2n) is 8.25. The Morgan fingerprint density at radius 3 is 2.66 bits per heavy atom. The molecule has 0 unspecified atom stereocenters. The predicted octanol–water partition coefficient (Wildman–Crippen LogP) is 1.73. The molecular formula is C21H25N7O3S. The van der Waals surface area contributed by atoms with E-state index in [2.05, 4.69) is 30.4 Å². The van der Waals surface area contributed by atoms with Gasteiger partial charge in [0.15, 0.2) is 0 Å². The third kappa shape index (κ3) is 4.51. The largest absolute Gasteiger partial charge is 0.474 e. The number of nitriles is 1. The molecule has 3 aromatic heterocycles. The number of rotatable bonds is 5. The maximum absolute atomic E-state index is 12.4. The molecule has 4 rings (SSSR count). The van der Waals surface area contributed by atoms with Crippen molar-refractivity contribution in [3.05, 3.63) is 36.3 Å². The number of hydrogen-bond donors (Lipinski definition) is 1. The monoisotopic (exact) mass is 455 g/mol. The van der Waals surface area contributed by atoms with Crippen LogP contribution in [0.15, 0.2) is 35.1 Å². The van der Waals surface area contributed by atoms with Crippen LogP contribution < -0.4 is 9.64 Å². The molecule has 168 valence electrons. The van der Waals surface area contributed by atoms with Gasteiger partial charge in [-0.05, 0) is 26.0 Å². The highest BCUT2D eigenvalue weighted by Gasteiger charge is 2.22. The van der Waals surface area contributed by atoms with Gasteiger partial charge in [0.25, 0.3) is 0 Å². The Morgan fingerprint density at radius 1 is 1.31 bits per heavy atom. The Morgan fingerprint density at radius 2 is 2.06 bits per heavy atom. The first-order valence-electron chi connectivity index (χ1n) is 10.2. The maximum atomic E-state index is 12.4. The smallest absolute Gasteiger partial charge is 0.233 e. The Hall–Kier alpha value is -3.23.